The first-order valence-corrected chi connectivity index (χ1v) is 9.26. The van der Waals surface area contributed by atoms with Crippen molar-refractivity contribution in [2.45, 2.75) is 19.4 Å². The van der Waals surface area contributed by atoms with E-state index in [1.54, 1.807) is 0 Å². The number of carbonyl (C=O) groups excluding carboxylic acids is 1. The Kier molecular flexibility index (Phi) is 4.95. The van der Waals surface area contributed by atoms with E-state index in [0.29, 0.717) is 25.4 Å². The highest BCUT2D eigenvalue weighted by atomic mass is 16.5. The van der Waals surface area contributed by atoms with Gasteiger partial charge in [0.2, 0.25) is 0 Å². The van der Waals surface area contributed by atoms with Crippen molar-refractivity contribution in [3.63, 3.8) is 0 Å². The summed E-state index contributed by atoms with van der Waals surface area (Å²) in [5.41, 5.74) is 2.29. The zero-order valence-corrected chi connectivity index (χ0v) is 14.9. The number of benzene rings is 2. The Morgan fingerprint density at radius 2 is 1.85 bits per heavy atom. The van der Waals surface area contributed by atoms with E-state index >= 15 is 0 Å². The summed E-state index contributed by atoms with van der Waals surface area (Å²) >= 11 is 0. The average molecular weight is 352 g/mol. The lowest BCUT2D eigenvalue weighted by molar-refractivity contribution is -0.134. The third kappa shape index (κ3) is 3.77. The van der Waals surface area contributed by atoms with Crippen LogP contribution in [-0.2, 0) is 11.3 Å². The first kappa shape index (κ1) is 16.8. The topological polar surface area (TPSA) is 42.0 Å². The van der Waals surface area contributed by atoms with Gasteiger partial charge in [0.15, 0.2) is 6.61 Å². The van der Waals surface area contributed by atoms with Crippen molar-refractivity contribution in [1.82, 2.24) is 4.90 Å². The number of rotatable bonds is 4. The predicted molar refractivity (Wildman–Crippen MR) is 101 cm³/mol. The summed E-state index contributed by atoms with van der Waals surface area (Å²) in [7, 11) is 0. The van der Waals surface area contributed by atoms with Gasteiger partial charge in [-0.05, 0) is 43.2 Å². The highest BCUT2D eigenvalue weighted by Crippen LogP contribution is 2.29. The fourth-order valence-corrected chi connectivity index (χ4v) is 3.52. The minimum absolute atomic E-state index is 0.0168. The van der Waals surface area contributed by atoms with Gasteiger partial charge in [0, 0.05) is 30.9 Å². The van der Waals surface area contributed by atoms with Crippen LogP contribution < -0.4 is 14.4 Å². The Hall–Kier alpha value is -2.69. The van der Waals surface area contributed by atoms with Crippen molar-refractivity contribution in [2.24, 2.45) is 0 Å². The summed E-state index contributed by atoms with van der Waals surface area (Å²) in [5, 5.41) is 0. The zero-order valence-electron chi connectivity index (χ0n) is 14.9. The fourth-order valence-electron chi connectivity index (χ4n) is 3.52. The largest absolute Gasteiger partial charge is 0.491 e. The van der Waals surface area contributed by atoms with Gasteiger partial charge in [-0.25, -0.2) is 0 Å². The number of nitrogens with zero attached hydrogens (tertiary/aromatic N) is 2. The molecule has 0 unspecified atom stereocenters. The maximum Gasteiger partial charge on any atom is 0.260 e. The van der Waals surface area contributed by atoms with Gasteiger partial charge in [-0.3, -0.25) is 4.79 Å². The molecule has 1 fully saturated rings. The minimum atomic E-state index is -0.0168. The number of para-hydroxylation sites is 1. The highest BCUT2D eigenvalue weighted by molar-refractivity contribution is 5.78. The number of hydrogen-bond acceptors (Lipinski definition) is 4. The molecule has 2 aliphatic rings. The van der Waals surface area contributed by atoms with Crippen molar-refractivity contribution in [2.75, 3.05) is 37.7 Å². The summed E-state index contributed by atoms with van der Waals surface area (Å²) < 4.78 is 11.5. The molecule has 5 nitrogen and oxygen atoms in total. The van der Waals surface area contributed by atoms with Crippen LogP contribution >= 0.6 is 0 Å². The molecular weight excluding hydrogens is 328 g/mol. The van der Waals surface area contributed by atoms with Crippen LogP contribution in [0.15, 0.2) is 48.5 Å². The number of hydrogen-bond donors (Lipinski definition) is 0. The number of fused-ring (bicyclic) bond motifs is 1. The molecule has 0 aliphatic carbocycles. The molecular formula is C21H24N2O3. The van der Waals surface area contributed by atoms with E-state index in [9.17, 15) is 4.79 Å². The van der Waals surface area contributed by atoms with Crippen LogP contribution in [0.1, 0.15) is 18.4 Å². The van der Waals surface area contributed by atoms with Crippen molar-refractivity contribution in [1.29, 1.82) is 0 Å². The van der Waals surface area contributed by atoms with Gasteiger partial charge in [-0.1, -0.05) is 18.2 Å². The third-order valence-electron chi connectivity index (χ3n) is 4.95. The predicted octanol–water partition coefficient (Wildman–Crippen LogP) is 3.09. The van der Waals surface area contributed by atoms with Crippen LogP contribution in [0.3, 0.4) is 0 Å². The molecule has 0 bridgehead atoms. The van der Waals surface area contributed by atoms with E-state index in [1.165, 1.54) is 18.5 Å². The first-order valence-electron chi connectivity index (χ1n) is 9.26. The lowest BCUT2D eigenvalue weighted by Crippen LogP contribution is -2.36. The normalized spacial score (nSPS) is 16.6. The van der Waals surface area contributed by atoms with Crippen LogP contribution in [0.2, 0.25) is 0 Å². The molecule has 0 aromatic heterocycles. The molecule has 0 spiro atoms. The number of anilines is 1. The molecule has 4 rings (SSSR count). The number of carbonyl (C=O) groups is 1. The van der Waals surface area contributed by atoms with E-state index in [1.807, 2.05) is 41.3 Å². The van der Waals surface area contributed by atoms with Crippen molar-refractivity contribution < 1.29 is 14.3 Å². The van der Waals surface area contributed by atoms with Gasteiger partial charge in [-0.2, -0.15) is 0 Å². The van der Waals surface area contributed by atoms with Gasteiger partial charge in [0.25, 0.3) is 5.91 Å². The fraction of sp³-hybridized carbons (Fsp3) is 0.381. The van der Waals surface area contributed by atoms with Crippen LogP contribution in [0.5, 0.6) is 11.5 Å². The quantitative estimate of drug-likeness (QED) is 0.848. The molecule has 2 aromatic rings. The molecule has 26 heavy (non-hydrogen) atoms. The second-order valence-electron chi connectivity index (χ2n) is 6.75. The molecule has 1 saturated heterocycles. The van der Waals surface area contributed by atoms with Crippen molar-refractivity contribution >= 4 is 11.6 Å². The summed E-state index contributed by atoms with van der Waals surface area (Å²) in [6, 6.07) is 15.8. The molecule has 0 N–H and O–H groups in total. The summed E-state index contributed by atoms with van der Waals surface area (Å²) in [4.78, 5) is 16.8. The van der Waals surface area contributed by atoms with Crippen LogP contribution in [0, 0.1) is 0 Å². The molecule has 2 aliphatic heterocycles. The van der Waals surface area contributed by atoms with Gasteiger partial charge in [-0.15, -0.1) is 0 Å². The Labute approximate surface area is 154 Å². The summed E-state index contributed by atoms with van der Waals surface area (Å²) in [6.07, 6.45) is 2.49. The van der Waals surface area contributed by atoms with Crippen LogP contribution in [0.25, 0.3) is 0 Å². The SMILES string of the molecule is O=C(COc1ccccc1)N1CCOc2ccc(N3CCCC3)cc2C1. The highest BCUT2D eigenvalue weighted by Gasteiger charge is 2.22. The van der Waals surface area contributed by atoms with E-state index in [0.717, 1.165) is 24.4 Å². The van der Waals surface area contributed by atoms with Crippen LogP contribution in [0.4, 0.5) is 5.69 Å². The van der Waals surface area contributed by atoms with Gasteiger partial charge < -0.3 is 19.3 Å². The van der Waals surface area contributed by atoms with Crippen LogP contribution in [-0.4, -0.2) is 43.7 Å². The molecule has 136 valence electrons. The van der Waals surface area contributed by atoms with Gasteiger partial charge in [0.1, 0.15) is 18.1 Å². The van der Waals surface area contributed by atoms with Crippen molar-refractivity contribution in [3.8, 4) is 11.5 Å². The van der Waals surface area contributed by atoms with Gasteiger partial charge >= 0.3 is 0 Å². The Morgan fingerprint density at radius 3 is 2.65 bits per heavy atom. The van der Waals surface area contributed by atoms with Crippen molar-refractivity contribution in [3.05, 3.63) is 54.1 Å². The molecule has 5 heteroatoms. The van der Waals surface area contributed by atoms with E-state index in [-0.39, 0.29) is 12.5 Å². The molecule has 1 amide bonds. The van der Waals surface area contributed by atoms with Gasteiger partial charge in [0.05, 0.1) is 6.54 Å². The molecule has 0 radical (unpaired) electrons. The standard InChI is InChI=1S/C21H24N2O3/c24-21(16-26-19-6-2-1-3-7-19)23-12-13-25-20-9-8-18(14-17(20)15-23)22-10-4-5-11-22/h1-3,6-9,14H,4-5,10-13,15-16H2. The third-order valence-corrected chi connectivity index (χ3v) is 4.95. The number of ether oxygens (including phenoxy) is 2. The Bertz CT molecular complexity index is 757. The second kappa shape index (κ2) is 7.68. The maximum absolute atomic E-state index is 12.6. The summed E-state index contributed by atoms with van der Waals surface area (Å²) in [5.74, 6) is 1.58. The monoisotopic (exact) mass is 352 g/mol. The zero-order chi connectivity index (χ0) is 17.8. The lowest BCUT2D eigenvalue weighted by atomic mass is 10.1. The maximum atomic E-state index is 12.6. The number of amides is 1. The minimum Gasteiger partial charge on any atom is -0.491 e. The Morgan fingerprint density at radius 1 is 1.04 bits per heavy atom. The Balaban J connectivity index is 1.44. The smallest absolute Gasteiger partial charge is 0.260 e. The van der Waals surface area contributed by atoms with E-state index < -0.39 is 0 Å². The summed E-state index contributed by atoms with van der Waals surface area (Å²) in [6.45, 7) is 3.90. The first-order chi connectivity index (χ1) is 12.8. The molecule has 0 saturated carbocycles. The van der Waals surface area contributed by atoms with E-state index in [4.69, 9.17) is 9.47 Å². The lowest BCUT2D eigenvalue weighted by Gasteiger charge is -2.22. The molecule has 0 atom stereocenters. The molecule has 2 heterocycles. The average Bonchev–Trinajstić information content (AvgIpc) is 3.13. The van der Waals surface area contributed by atoms with E-state index in [2.05, 4.69) is 17.0 Å². The second-order valence-corrected chi connectivity index (χ2v) is 6.75. The molecule has 2 aromatic carbocycles.